The van der Waals surface area contributed by atoms with Crippen molar-refractivity contribution in [2.24, 2.45) is 0 Å². The molecule has 0 radical (unpaired) electrons. The molecule has 6 heteroatoms. The van der Waals surface area contributed by atoms with Crippen molar-refractivity contribution in [1.82, 2.24) is 9.62 Å². The maximum atomic E-state index is 11.7. The fourth-order valence-electron chi connectivity index (χ4n) is 1.74. The van der Waals surface area contributed by atoms with Gasteiger partial charge < -0.3 is 5.32 Å². The molecule has 0 aliphatic rings. The second-order valence-corrected chi connectivity index (χ2v) is 7.78. The number of benzene rings is 1. The highest BCUT2D eigenvalue weighted by atomic mass is 79.9. The average molecular weight is 349 g/mol. The lowest BCUT2D eigenvalue weighted by Crippen LogP contribution is -2.32. The molecule has 1 atom stereocenters. The first kappa shape index (κ1) is 16.6. The molecule has 1 aromatic rings. The summed E-state index contributed by atoms with van der Waals surface area (Å²) in [5.41, 5.74) is 1.17. The Labute approximate surface area is 124 Å². The van der Waals surface area contributed by atoms with E-state index in [0.717, 1.165) is 10.9 Å². The Morgan fingerprint density at radius 1 is 1.26 bits per heavy atom. The molecule has 0 spiro atoms. The van der Waals surface area contributed by atoms with Crippen LogP contribution in [0.5, 0.6) is 0 Å². The Hall–Kier alpha value is -0.430. The summed E-state index contributed by atoms with van der Waals surface area (Å²) in [4.78, 5) is 0. The largest absolute Gasteiger partial charge is 0.309 e. The van der Waals surface area contributed by atoms with Gasteiger partial charge in [-0.15, -0.1) is 0 Å². The van der Waals surface area contributed by atoms with Crippen LogP contribution in [-0.4, -0.2) is 39.1 Å². The summed E-state index contributed by atoms with van der Waals surface area (Å²) in [7, 11) is -0.0138. The average Bonchev–Trinajstić information content (AvgIpc) is 2.36. The minimum Gasteiger partial charge on any atom is -0.309 e. The van der Waals surface area contributed by atoms with Crippen molar-refractivity contribution in [3.05, 3.63) is 34.3 Å². The van der Waals surface area contributed by atoms with E-state index >= 15 is 0 Å². The van der Waals surface area contributed by atoms with E-state index in [1.807, 2.05) is 24.3 Å². The van der Waals surface area contributed by atoms with Crippen LogP contribution in [0.2, 0.25) is 0 Å². The molecule has 108 valence electrons. The lowest BCUT2D eigenvalue weighted by molar-refractivity contribution is 0.503. The van der Waals surface area contributed by atoms with Crippen LogP contribution in [0.4, 0.5) is 0 Å². The molecule has 0 aromatic heterocycles. The van der Waals surface area contributed by atoms with Gasteiger partial charge >= 0.3 is 0 Å². The molecule has 0 fully saturated rings. The van der Waals surface area contributed by atoms with Crippen LogP contribution in [0.25, 0.3) is 0 Å². The van der Waals surface area contributed by atoms with Gasteiger partial charge in [0, 0.05) is 31.2 Å². The van der Waals surface area contributed by atoms with Gasteiger partial charge in [-0.3, -0.25) is 0 Å². The highest BCUT2D eigenvalue weighted by Crippen LogP contribution is 2.19. The zero-order valence-electron chi connectivity index (χ0n) is 11.6. The van der Waals surface area contributed by atoms with Gasteiger partial charge in [0.15, 0.2) is 0 Å². The van der Waals surface area contributed by atoms with Crippen LogP contribution in [0, 0.1) is 0 Å². The Morgan fingerprint density at radius 3 is 2.32 bits per heavy atom. The molecule has 0 heterocycles. The van der Waals surface area contributed by atoms with Gasteiger partial charge in [0.25, 0.3) is 0 Å². The fourth-order valence-corrected chi connectivity index (χ4v) is 2.74. The number of nitrogens with one attached hydrogen (secondary N) is 1. The van der Waals surface area contributed by atoms with Crippen molar-refractivity contribution in [2.45, 2.75) is 19.4 Å². The topological polar surface area (TPSA) is 49.4 Å². The second-order valence-electron chi connectivity index (χ2n) is 4.56. The number of hydrogen-bond acceptors (Lipinski definition) is 3. The van der Waals surface area contributed by atoms with E-state index in [0.29, 0.717) is 6.54 Å². The highest BCUT2D eigenvalue weighted by molar-refractivity contribution is 9.10. The Balaban J connectivity index is 2.57. The molecule has 0 amide bonds. The second kappa shape index (κ2) is 7.38. The molecule has 0 aliphatic carbocycles. The summed E-state index contributed by atoms with van der Waals surface area (Å²) in [6, 6.07) is 8.27. The summed E-state index contributed by atoms with van der Waals surface area (Å²) in [5, 5.41) is 3.30. The first-order chi connectivity index (χ1) is 8.86. The van der Waals surface area contributed by atoms with E-state index in [2.05, 4.69) is 28.2 Å². The maximum absolute atomic E-state index is 11.7. The van der Waals surface area contributed by atoms with Gasteiger partial charge in [0.1, 0.15) is 0 Å². The Bertz CT molecular complexity index is 486. The van der Waals surface area contributed by atoms with Crippen molar-refractivity contribution in [3.8, 4) is 0 Å². The number of hydrogen-bond donors (Lipinski definition) is 1. The van der Waals surface area contributed by atoms with E-state index in [-0.39, 0.29) is 11.8 Å². The van der Waals surface area contributed by atoms with Crippen LogP contribution in [0.15, 0.2) is 28.7 Å². The van der Waals surface area contributed by atoms with E-state index in [9.17, 15) is 8.42 Å². The molecule has 0 aliphatic heterocycles. The molecule has 19 heavy (non-hydrogen) atoms. The van der Waals surface area contributed by atoms with E-state index in [4.69, 9.17) is 0 Å². The Kier molecular flexibility index (Phi) is 6.46. The molecule has 4 nitrogen and oxygen atoms in total. The molecular formula is C13H21BrN2O2S. The summed E-state index contributed by atoms with van der Waals surface area (Å²) >= 11 is 3.41. The van der Waals surface area contributed by atoms with E-state index < -0.39 is 10.0 Å². The molecule has 1 unspecified atom stereocenters. The van der Waals surface area contributed by atoms with Crippen LogP contribution >= 0.6 is 15.9 Å². The lowest BCUT2D eigenvalue weighted by Gasteiger charge is -2.18. The van der Waals surface area contributed by atoms with Crippen LogP contribution in [0.1, 0.15) is 24.9 Å². The number of nitrogens with zero attached hydrogens (tertiary/aromatic N) is 1. The zero-order valence-corrected chi connectivity index (χ0v) is 14.0. The third-order valence-corrected chi connectivity index (χ3v) is 5.35. The quantitative estimate of drug-likeness (QED) is 0.822. The SMILES string of the molecule is CCC(NCCS(=O)(=O)N(C)C)c1ccc(Br)cc1. The van der Waals surface area contributed by atoms with E-state index in [1.165, 1.54) is 9.87 Å². The summed E-state index contributed by atoms with van der Waals surface area (Å²) < 4.78 is 25.6. The number of halogens is 1. The lowest BCUT2D eigenvalue weighted by atomic mass is 10.1. The van der Waals surface area contributed by atoms with Crippen molar-refractivity contribution >= 4 is 26.0 Å². The maximum Gasteiger partial charge on any atom is 0.214 e. The summed E-state index contributed by atoms with van der Waals surface area (Å²) in [6.07, 6.45) is 0.920. The first-order valence-corrected chi connectivity index (χ1v) is 8.66. The monoisotopic (exact) mass is 348 g/mol. The number of rotatable bonds is 7. The smallest absolute Gasteiger partial charge is 0.214 e. The predicted octanol–water partition coefficient (Wildman–Crippen LogP) is 2.38. The van der Waals surface area contributed by atoms with Gasteiger partial charge in [0.2, 0.25) is 10.0 Å². The normalized spacial score (nSPS) is 13.7. The van der Waals surface area contributed by atoms with Gasteiger partial charge in [-0.25, -0.2) is 12.7 Å². The predicted molar refractivity (Wildman–Crippen MR) is 82.7 cm³/mol. The van der Waals surface area contributed by atoms with Crippen molar-refractivity contribution in [1.29, 1.82) is 0 Å². The highest BCUT2D eigenvalue weighted by Gasteiger charge is 2.14. The minimum absolute atomic E-state index is 0.118. The summed E-state index contributed by atoms with van der Waals surface area (Å²) in [6.45, 7) is 2.54. The van der Waals surface area contributed by atoms with Crippen LogP contribution in [0.3, 0.4) is 0 Å². The van der Waals surface area contributed by atoms with Crippen molar-refractivity contribution in [2.75, 3.05) is 26.4 Å². The van der Waals surface area contributed by atoms with Gasteiger partial charge in [-0.1, -0.05) is 35.0 Å². The zero-order chi connectivity index (χ0) is 14.5. The molecule has 0 saturated heterocycles. The molecule has 1 rings (SSSR count). The molecule has 0 bridgehead atoms. The van der Waals surface area contributed by atoms with Crippen molar-refractivity contribution in [3.63, 3.8) is 0 Å². The van der Waals surface area contributed by atoms with Gasteiger partial charge in [-0.05, 0) is 24.1 Å². The van der Waals surface area contributed by atoms with Crippen LogP contribution in [-0.2, 0) is 10.0 Å². The first-order valence-electron chi connectivity index (χ1n) is 6.26. The standard InChI is InChI=1S/C13H21BrN2O2S/c1-4-13(11-5-7-12(14)8-6-11)15-9-10-19(17,18)16(2)3/h5-8,13,15H,4,9-10H2,1-3H3. The molecule has 1 N–H and O–H groups in total. The third kappa shape index (κ3) is 5.22. The minimum atomic E-state index is -3.13. The fraction of sp³-hybridized carbons (Fsp3) is 0.538. The van der Waals surface area contributed by atoms with Gasteiger partial charge in [0.05, 0.1) is 5.75 Å². The summed E-state index contributed by atoms with van der Waals surface area (Å²) in [5.74, 6) is 0.118. The number of sulfonamides is 1. The van der Waals surface area contributed by atoms with E-state index in [1.54, 1.807) is 14.1 Å². The molecule has 0 saturated carbocycles. The molecular weight excluding hydrogens is 328 g/mol. The molecule has 1 aromatic carbocycles. The van der Waals surface area contributed by atoms with Crippen molar-refractivity contribution < 1.29 is 8.42 Å². The van der Waals surface area contributed by atoms with Crippen LogP contribution < -0.4 is 5.32 Å². The Morgan fingerprint density at radius 2 is 1.84 bits per heavy atom. The third-order valence-electron chi connectivity index (χ3n) is 2.99. The van der Waals surface area contributed by atoms with Gasteiger partial charge in [-0.2, -0.15) is 0 Å².